The van der Waals surface area contributed by atoms with Gasteiger partial charge in [-0.1, -0.05) is 19.1 Å². The normalized spacial score (nSPS) is 12.6. The first-order chi connectivity index (χ1) is 8.29. The maximum Gasteiger partial charge on any atom is 0.123 e. The van der Waals surface area contributed by atoms with Crippen LogP contribution in [0.5, 0.6) is 0 Å². The summed E-state index contributed by atoms with van der Waals surface area (Å²) < 4.78 is 13.1. The minimum Gasteiger partial charge on any atom is -0.310 e. The lowest BCUT2D eigenvalue weighted by Gasteiger charge is -2.16. The van der Waals surface area contributed by atoms with Crippen LogP contribution in [0.3, 0.4) is 0 Å². The number of thiophene rings is 1. The maximum atomic E-state index is 13.1. The Bertz CT molecular complexity index is 453. The van der Waals surface area contributed by atoms with Crippen LogP contribution in [-0.2, 0) is 6.42 Å². The van der Waals surface area contributed by atoms with Crippen LogP contribution < -0.4 is 5.32 Å². The van der Waals surface area contributed by atoms with Crippen molar-refractivity contribution in [1.82, 2.24) is 5.32 Å². The first-order valence-electron chi connectivity index (χ1n) is 5.79. The molecule has 1 N–H and O–H groups in total. The SMILES string of the molecule is CCNC(Cc1cccc(F)c1)c1ccsc1. The third-order valence-electron chi connectivity index (χ3n) is 2.72. The van der Waals surface area contributed by atoms with Crippen molar-refractivity contribution in [3.63, 3.8) is 0 Å². The second-order valence-corrected chi connectivity index (χ2v) is 4.78. The molecule has 2 aromatic rings. The van der Waals surface area contributed by atoms with Crippen LogP contribution in [0, 0.1) is 5.82 Å². The third kappa shape index (κ3) is 3.38. The molecule has 0 bridgehead atoms. The van der Waals surface area contributed by atoms with Gasteiger partial charge in [0.15, 0.2) is 0 Å². The lowest BCUT2D eigenvalue weighted by molar-refractivity contribution is 0.548. The summed E-state index contributed by atoms with van der Waals surface area (Å²) in [6, 6.07) is 9.22. The van der Waals surface area contributed by atoms with Gasteiger partial charge in [0.05, 0.1) is 0 Å². The molecular formula is C14H16FNS. The summed E-state index contributed by atoms with van der Waals surface area (Å²) in [5, 5.41) is 7.66. The van der Waals surface area contributed by atoms with Crippen molar-refractivity contribution in [2.45, 2.75) is 19.4 Å². The fourth-order valence-corrected chi connectivity index (χ4v) is 2.64. The predicted molar refractivity (Wildman–Crippen MR) is 70.8 cm³/mol. The van der Waals surface area contributed by atoms with E-state index in [1.807, 2.05) is 6.07 Å². The van der Waals surface area contributed by atoms with Crippen molar-refractivity contribution >= 4 is 11.3 Å². The van der Waals surface area contributed by atoms with Gasteiger partial charge in [-0.05, 0) is 53.1 Å². The fraction of sp³-hybridized carbons (Fsp3) is 0.286. The number of rotatable bonds is 5. The molecule has 1 nitrogen and oxygen atoms in total. The Morgan fingerprint density at radius 1 is 1.35 bits per heavy atom. The lowest BCUT2D eigenvalue weighted by atomic mass is 10.0. The Labute approximate surface area is 105 Å². The highest BCUT2D eigenvalue weighted by molar-refractivity contribution is 7.07. The molecule has 0 saturated carbocycles. The van der Waals surface area contributed by atoms with Crippen molar-refractivity contribution in [1.29, 1.82) is 0 Å². The Morgan fingerprint density at radius 3 is 2.88 bits per heavy atom. The smallest absolute Gasteiger partial charge is 0.123 e. The zero-order valence-electron chi connectivity index (χ0n) is 9.82. The average Bonchev–Trinajstić information content (AvgIpc) is 2.82. The summed E-state index contributed by atoms with van der Waals surface area (Å²) in [6.07, 6.45) is 0.822. The summed E-state index contributed by atoms with van der Waals surface area (Å²) >= 11 is 1.69. The van der Waals surface area contributed by atoms with Crippen LogP contribution in [0.25, 0.3) is 0 Å². The zero-order valence-corrected chi connectivity index (χ0v) is 10.6. The molecule has 2 rings (SSSR count). The molecule has 0 aliphatic rings. The second kappa shape index (κ2) is 5.94. The number of benzene rings is 1. The first-order valence-corrected chi connectivity index (χ1v) is 6.74. The van der Waals surface area contributed by atoms with E-state index in [0.29, 0.717) is 0 Å². The molecular weight excluding hydrogens is 233 g/mol. The molecule has 1 aromatic heterocycles. The lowest BCUT2D eigenvalue weighted by Crippen LogP contribution is -2.22. The van der Waals surface area contributed by atoms with Crippen LogP contribution in [0.4, 0.5) is 4.39 Å². The van der Waals surface area contributed by atoms with E-state index in [4.69, 9.17) is 0 Å². The summed E-state index contributed by atoms with van der Waals surface area (Å²) in [7, 11) is 0. The summed E-state index contributed by atoms with van der Waals surface area (Å²) in [5.74, 6) is -0.164. The molecule has 1 atom stereocenters. The topological polar surface area (TPSA) is 12.0 Å². The van der Waals surface area contributed by atoms with Crippen LogP contribution in [0.1, 0.15) is 24.1 Å². The van der Waals surface area contributed by atoms with Crippen molar-refractivity contribution < 1.29 is 4.39 Å². The Kier molecular flexibility index (Phi) is 4.29. The van der Waals surface area contributed by atoms with Crippen LogP contribution >= 0.6 is 11.3 Å². The summed E-state index contributed by atoms with van der Waals surface area (Å²) in [5.41, 5.74) is 2.31. The highest BCUT2D eigenvalue weighted by Crippen LogP contribution is 2.21. The monoisotopic (exact) mass is 249 g/mol. The standard InChI is InChI=1S/C14H16FNS/c1-2-16-14(12-6-7-17-10-12)9-11-4-3-5-13(15)8-11/h3-8,10,14,16H,2,9H2,1H3. The van der Waals surface area contributed by atoms with Crippen LogP contribution in [-0.4, -0.2) is 6.54 Å². The van der Waals surface area contributed by atoms with Gasteiger partial charge in [0, 0.05) is 6.04 Å². The third-order valence-corrected chi connectivity index (χ3v) is 3.43. The number of hydrogen-bond donors (Lipinski definition) is 1. The molecule has 0 fully saturated rings. The number of likely N-dealkylation sites (N-methyl/N-ethyl adjacent to an activating group) is 1. The zero-order chi connectivity index (χ0) is 12.1. The van der Waals surface area contributed by atoms with Crippen LogP contribution in [0.15, 0.2) is 41.1 Å². The molecule has 0 amide bonds. The summed E-state index contributed by atoms with van der Waals surface area (Å²) in [6.45, 7) is 3.00. The number of halogens is 1. The molecule has 90 valence electrons. The van der Waals surface area contributed by atoms with Crippen molar-refractivity contribution in [3.8, 4) is 0 Å². The maximum absolute atomic E-state index is 13.1. The quantitative estimate of drug-likeness (QED) is 0.850. The van der Waals surface area contributed by atoms with Crippen molar-refractivity contribution in [2.24, 2.45) is 0 Å². The molecule has 0 aliphatic carbocycles. The van der Waals surface area contributed by atoms with Gasteiger partial charge in [-0.2, -0.15) is 11.3 Å². The summed E-state index contributed by atoms with van der Waals surface area (Å²) in [4.78, 5) is 0. The number of nitrogens with one attached hydrogen (secondary N) is 1. The Morgan fingerprint density at radius 2 is 2.24 bits per heavy atom. The van der Waals surface area contributed by atoms with E-state index in [-0.39, 0.29) is 11.9 Å². The van der Waals surface area contributed by atoms with Gasteiger partial charge in [-0.15, -0.1) is 0 Å². The molecule has 0 spiro atoms. The van der Waals surface area contributed by atoms with E-state index >= 15 is 0 Å². The van der Waals surface area contributed by atoms with E-state index in [9.17, 15) is 4.39 Å². The fourth-order valence-electron chi connectivity index (χ4n) is 1.93. The number of hydrogen-bond acceptors (Lipinski definition) is 2. The Balaban J connectivity index is 2.13. The van der Waals surface area contributed by atoms with Gasteiger partial charge in [-0.25, -0.2) is 4.39 Å². The molecule has 3 heteroatoms. The molecule has 1 unspecified atom stereocenters. The van der Waals surface area contributed by atoms with Gasteiger partial charge in [0.1, 0.15) is 5.82 Å². The average molecular weight is 249 g/mol. The molecule has 0 radical (unpaired) electrons. The van der Waals surface area contributed by atoms with Gasteiger partial charge >= 0.3 is 0 Å². The second-order valence-electron chi connectivity index (χ2n) is 4.00. The highest BCUT2D eigenvalue weighted by atomic mass is 32.1. The predicted octanol–water partition coefficient (Wildman–Crippen LogP) is 3.78. The van der Waals surface area contributed by atoms with E-state index in [0.717, 1.165) is 18.5 Å². The van der Waals surface area contributed by atoms with Gasteiger partial charge in [0.25, 0.3) is 0 Å². The molecule has 17 heavy (non-hydrogen) atoms. The van der Waals surface area contributed by atoms with E-state index < -0.39 is 0 Å². The largest absolute Gasteiger partial charge is 0.310 e. The molecule has 0 aliphatic heterocycles. The van der Waals surface area contributed by atoms with Gasteiger partial charge in [-0.3, -0.25) is 0 Å². The van der Waals surface area contributed by atoms with E-state index in [2.05, 4.69) is 29.1 Å². The van der Waals surface area contributed by atoms with Gasteiger partial charge in [0.2, 0.25) is 0 Å². The highest BCUT2D eigenvalue weighted by Gasteiger charge is 2.11. The van der Waals surface area contributed by atoms with E-state index in [1.54, 1.807) is 23.5 Å². The van der Waals surface area contributed by atoms with Crippen LogP contribution in [0.2, 0.25) is 0 Å². The minimum atomic E-state index is -0.164. The van der Waals surface area contributed by atoms with Crippen molar-refractivity contribution in [3.05, 3.63) is 58.0 Å². The van der Waals surface area contributed by atoms with E-state index in [1.165, 1.54) is 11.6 Å². The first kappa shape index (κ1) is 12.3. The molecule has 1 aromatic carbocycles. The molecule has 1 heterocycles. The Hall–Kier alpha value is -1.19. The van der Waals surface area contributed by atoms with Gasteiger partial charge < -0.3 is 5.32 Å². The minimum absolute atomic E-state index is 0.164. The van der Waals surface area contributed by atoms with Crippen molar-refractivity contribution in [2.75, 3.05) is 6.54 Å². The molecule has 0 saturated heterocycles.